The van der Waals surface area contributed by atoms with Crippen LogP contribution in [-0.2, 0) is 17.8 Å². The fourth-order valence-corrected chi connectivity index (χ4v) is 3.99. The molecule has 1 aliphatic rings. The molecule has 1 aromatic carbocycles. The van der Waals surface area contributed by atoms with Crippen molar-refractivity contribution >= 4 is 34.1 Å². The molecule has 1 unspecified atom stereocenters. The van der Waals surface area contributed by atoms with Gasteiger partial charge in [0.25, 0.3) is 0 Å². The van der Waals surface area contributed by atoms with Crippen molar-refractivity contribution in [1.29, 1.82) is 0 Å². The SMILES string of the molecule is C[C@](CCCCn1cnc2c1C(O)CN=CN2)(Cc1cccc(Br)c1)C(=O)O. The number of aromatic nitrogens is 2. The first-order chi connectivity index (χ1) is 13.4. The van der Waals surface area contributed by atoms with Crippen molar-refractivity contribution in [2.24, 2.45) is 10.4 Å². The van der Waals surface area contributed by atoms with Gasteiger partial charge in [-0.25, -0.2) is 4.98 Å². The number of aryl methyl sites for hydroxylation is 1. The largest absolute Gasteiger partial charge is 0.481 e. The van der Waals surface area contributed by atoms with Crippen molar-refractivity contribution in [2.75, 3.05) is 11.9 Å². The van der Waals surface area contributed by atoms with Crippen LogP contribution in [0.4, 0.5) is 5.82 Å². The standard InChI is InChI=1S/C20H25BrN4O3/c1-20(19(27)28,10-14-5-4-6-15(21)9-14)7-2-3-8-25-13-24-18-17(25)16(26)11-22-12-23-18/h4-6,9,12-13,16,26H,2-3,7-8,10-11H2,1H3,(H,22,23)(H,27,28)/t16?,20-/m0/s1. The molecule has 2 atom stereocenters. The van der Waals surface area contributed by atoms with Crippen LogP contribution in [-0.4, -0.2) is 38.6 Å². The van der Waals surface area contributed by atoms with Crippen LogP contribution in [0.5, 0.6) is 0 Å². The summed E-state index contributed by atoms with van der Waals surface area (Å²) in [7, 11) is 0. The predicted octanol–water partition coefficient (Wildman–Crippen LogP) is 3.64. The highest BCUT2D eigenvalue weighted by Crippen LogP contribution is 2.31. The Kier molecular flexibility index (Phi) is 6.51. The van der Waals surface area contributed by atoms with Gasteiger partial charge in [-0.15, -0.1) is 0 Å². The topological polar surface area (TPSA) is 99.7 Å². The van der Waals surface area contributed by atoms with Crippen molar-refractivity contribution < 1.29 is 15.0 Å². The predicted molar refractivity (Wildman–Crippen MR) is 112 cm³/mol. The van der Waals surface area contributed by atoms with E-state index >= 15 is 0 Å². The molecular formula is C20H25BrN4O3. The summed E-state index contributed by atoms with van der Waals surface area (Å²) in [6, 6.07) is 7.79. The maximum absolute atomic E-state index is 11.9. The normalized spacial score (nSPS) is 18.0. The number of hydrogen-bond donors (Lipinski definition) is 3. The lowest BCUT2D eigenvalue weighted by Gasteiger charge is -2.25. The van der Waals surface area contributed by atoms with Crippen molar-refractivity contribution in [1.82, 2.24) is 9.55 Å². The van der Waals surface area contributed by atoms with E-state index in [-0.39, 0.29) is 0 Å². The first-order valence-electron chi connectivity index (χ1n) is 9.35. The molecule has 0 saturated heterocycles. The molecule has 0 fully saturated rings. The quantitative estimate of drug-likeness (QED) is 0.535. The van der Waals surface area contributed by atoms with Crippen LogP contribution in [0.15, 0.2) is 40.1 Å². The highest BCUT2D eigenvalue weighted by Gasteiger charge is 2.32. The summed E-state index contributed by atoms with van der Waals surface area (Å²) in [6.07, 6.45) is 5.20. The Morgan fingerprint density at radius 1 is 1.43 bits per heavy atom. The molecule has 2 heterocycles. The highest BCUT2D eigenvalue weighted by atomic mass is 79.9. The summed E-state index contributed by atoms with van der Waals surface area (Å²) in [4.78, 5) is 20.3. The Bertz CT molecular complexity index is 867. The molecule has 8 heteroatoms. The molecule has 0 amide bonds. The Labute approximate surface area is 172 Å². The lowest BCUT2D eigenvalue weighted by Crippen LogP contribution is -2.30. The zero-order valence-corrected chi connectivity index (χ0v) is 17.4. The van der Waals surface area contributed by atoms with Gasteiger partial charge in [-0.2, -0.15) is 0 Å². The van der Waals surface area contributed by atoms with E-state index in [0.717, 1.165) is 28.6 Å². The Morgan fingerprint density at radius 2 is 2.25 bits per heavy atom. The molecule has 3 rings (SSSR count). The number of anilines is 1. The molecular weight excluding hydrogens is 424 g/mol. The number of benzene rings is 1. The zero-order chi connectivity index (χ0) is 20.1. The molecule has 28 heavy (non-hydrogen) atoms. The van der Waals surface area contributed by atoms with E-state index in [4.69, 9.17) is 0 Å². The van der Waals surface area contributed by atoms with Crippen LogP contribution in [0, 0.1) is 5.41 Å². The monoisotopic (exact) mass is 448 g/mol. The number of carbonyl (C=O) groups is 1. The smallest absolute Gasteiger partial charge is 0.309 e. The third-order valence-corrected chi connectivity index (χ3v) is 5.64. The number of nitrogens with zero attached hydrogens (tertiary/aromatic N) is 3. The van der Waals surface area contributed by atoms with Gasteiger partial charge in [0.15, 0.2) is 5.82 Å². The van der Waals surface area contributed by atoms with Gasteiger partial charge < -0.3 is 20.1 Å². The molecule has 2 aromatic rings. The van der Waals surface area contributed by atoms with Crippen LogP contribution in [0.1, 0.15) is 43.5 Å². The second kappa shape index (κ2) is 8.87. The number of hydrogen-bond acceptors (Lipinski definition) is 5. The summed E-state index contributed by atoms with van der Waals surface area (Å²) >= 11 is 3.44. The van der Waals surface area contributed by atoms with Crippen molar-refractivity contribution in [2.45, 2.75) is 45.3 Å². The van der Waals surface area contributed by atoms with Gasteiger partial charge in [-0.05, 0) is 43.9 Å². The van der Waals surface area contributed by atoms with Crippen LogP contribution in [0.25, 0.3) is 0 Å². The first kappa shape index (κ1) is 20.5. The fourth-order valence-electron chi connectivity index (χ4n) is 3.54. The Balaban J connectivity index is 1.59. The summed E-state index contributed by atoms with van der Waals surface area (Å²) in [5, 5.41) is 23.0. The van der Waals surface area contributed by atoms with Gasteiger partial charge in [0.05, 0.1) is 30.3 Å². The average Bonchev–Trinajstić information content (AvgIpc) is 2.95. The van der Waals surface area contributed by atoms with E-state index in [2.05, 4.69) is 31.2 Å². The summed E-state index contributed by atoms with van der Waals surface area (Å²) < 4.78 is 2.88. The molecule has 3 N–H and O–H groups in total. The van der Waals surface area contributed by atoms with Gasteiger partial charge in [-0.1, -0.05) is 34.5 Å². The van der Waals surface area contributed by atoms with Gasteiger partial charge in [0.1, 0.15) is 6.10 Å². The molecule has 150 valence electrons. The van der Waals surface area contributed by atoms with Crippen LogP contribution in [0.2, 0.25) is 0 Å². The maximum atomic E-state index is 11.9. The molecule has 0 aliphatic carbocycles. The van der Waals surface area contributed by atoms with Crippen LogP contribution < -0.4 is 5.32 Å². The number of halogens is 1. The van der Waals surface area contributed by atoms with Gasteiger partial charge in [0, 0.05) is 11.0 Å². The molecule has 1 aromatic heterocycles. The number of aliphatic hydroxyl groups is 1. The number of carboxylic acid groups (broad SMARTS) is 1. The summed E-state index contributed by atoms with van der Waals surface area (Å²) in [5.41, 5.74) is 0.919. The molecule has 0 radical (unpaired) electrons. The van der Waals surface area contributed by atoms with E-state index in [1.807, 2.05) is 35.8 Å². The number of aliphatic hydroxyl groups excluding tert-OH is 1. The van der Waals surface area contributed by atoms with E-state index in [1.54, 1.807) is 12.7 Å². The number of aliphatic carboxylic acids is 1. The highest BCUT2D eigenvalue weighted by molar-refractivity contribution is 9.10. The third-order valence-electron chi connectivity index (χ3n) is 5.14. The Morgan fingerprint density at radius 3 is 3.00 bits per heavy atom. The van der Waals surface area contributed by atoms with E-state index in [1.165, 1.54) is 0 Å². The minimum atomic E-state index is -0.818. The first-order valence-corrected chi connectivity index (χ1v) is 10.1. The van der Waals surface area contributed by atoms with Crippen molar-refractivity contribution in [3.05, 3.63) is 46.3 Å². The van der Waals surface area contributed by atoms with Crippen LogP contribution in [0.3, 0.4) is 0 Å². The fraction of sp³-hybridized carbons (Fsp3) is 0.450. The number of nitrogens with one attached hydrogen (secondary N) is 1. The lowest BCUT2D eigenvalue weighted by molar-refractivity contribution is -0.148. The van der Waals surface area contributed by atoms with Gasteiger partial charge in [-0.3, -0.25) is 9.79 Å². The molecule has 7 nitrogen and oxygen atoms in total. The molecule has 0 saturated carbocycles. The number of rotatable bonds is 8. The van der Waals surface area contributed by atoms with Crippen molar-refractivity contribution in [3.63, 3.8) is 0 Å². The minimum absolute atomic E-state index is 0.301. The second-order valence-corrected chi connectivity index (χ2v) is 8.37. The third kappa shape index (κ3) is 4.80. The van der Waals surface area contributed by atoms with Crippen LogP contribution >= 0.6 is 15.9 Å². The minimum Gasteiger partial charge on any atom is -0.481 e. The van der Waals surface area contributed by atoms with Crippen molar-refractivity contribution in [3.8, 4) is 0 Å². The second-order valence-electron chi connectivity index (χ2n) is 7.46. The Hall–Kier alpha value is -2.19. The van der Waals surface area contributed by atoms with E-state index in [0.29, 0.717) is 31.7 Å². The molecule has 0 spiro atoms. The molecule has 0 bridgehead atoms. The number of fused-ring (bicyclic) bond motifs is 1. The average molecular weight is 449 g/mol. The van der Waals surface area contributed by atoms with E-state index in [9.17, 15) is 15.0 Å². The maximum Gasteiger partial charge on any atom is 0.309 e. The molecule has 1 aliphatic heterocycles. The summed E-state index contributed by atoms with van der Waals surface area (Å²) in [5.74, 6) is -0.153. The van der Waals surface area contributed by atoms with E-state index < -0.39 is 17.5 Å². The summed E-state index contributed by atoms with van der Waals surface area (Å²) in [6.45, 7) is 2.79. The van der Waals surface area contributed by atoms with Gasteiger partial charge >= 0.3 is 5.97 Å². The number of imidazole rings is 1. The number of aliphatic imine (C=N–C) groups is 1. The zero-order valence-electron chi connectivity index (χ0n) is 15.8. The lowest BCUT2D eigenvalue weighted by atomic mass is 9.79. The number of carboxylic acids is 1. The number of unbranched alkanes of at least 4 members (excludes halogenated alkanes) is 1. The van der Waals surface area contributed by atoms with Gasteiger partial charge in [0.2, 0.25) is 0 Å².